The van der Waals surface area contributed by atoms with Gasteiger partial charge < -0.3 is 0 Å². The molecule has 0 amide bonds. The standard InChI is InChI=1S/C30H26S4.C28H22S4/c1-15-7-9-23(31-15)25-13-21-27(33-25)17-11-20-18(12-19(17)29(21,3)4)28-22(30(20,5)6)14-26(34-28)24-10-8-16(2)32-24;1-13-5-7-23(29-13)25-11-19-15(3)17-10-22-18(9-21(17)27(19)31-25)16(4)20-12-26(32-28(20)22)24-8-6-14(2)30-24/h7-14H,1-6H3;5-12,15-16H,1-4H3. The number of hydrogen-bond acceptors (Lipinski definition) is 8. The summed E-state index contributed by atoms with van der Waals surface area (Å²) in [7, 11) is 0. The smallest absolute Gasteiger partial charge is 0.0452 e. The molecule has 8 aromatic heterocycles. The minimum Gasteiger partial charge on any atom is -0.140 e. The summed E-state index contributed by atoms with van der Waals surface area (Å²) in [6.07, 6.45) is 0. The highest BCUT2D eigenvalue weighted by molar-refractivity contribution is 7.26. The van der Waals surface area contributed by atoms with Gasteiger partial charge in [-0.25, -0.2) is 0 Å². The molecule has 8 heteroatoms. The molecule has 4 aliphatic rings. The van der Waals surface area contributed by atoms with Gasteiger partial charge in [-0.05, 0) is 192 Å². The fourth-order valence-electron chi connectivity index (χ4n) is 11.1. The van der Waals surface area contributed by atoms with E-state index in [0.29, 0.717) is 11.8 Å². The van der Waals surface area contributed by atoms with Gasteiger partial charge >= 0.3 is 0 Å². The molecule has 10 aromatic rings. The first kappa shape index (κ1) is 42.2. The van der Waals surface area contributed by atoms with Crippen molar-refractivity contribution in [2.24, 2.45) is 0 Å². The average molecular weight is 1000 g/mol. The molecule has 2 aromatic carbocycles. The van der Waals surface area contributed by atoms with Crippen LogP contribution >= 0.6 is 90.7 Å². The molecule has 0 radical (unpaired) electrons. The molecule has 4 aliphatic carbocycles. The highest BCUT2D eigenvalue weighted by Gasteiger charge is 2.44. The third-order valence-electron chi connectivity index (χ3n) is 14.8. The predicted molar refractivity (Wildman–Crippen MR) is 298 cm³/mol. The second-order valence-corrected chi connectivity index (χ2v) is 29.2. The Hall–Kier alpha value is -3.96. The maximum absolute atomic E-state index is 2.54. The maximum atomic E-state index is 2.54. The lowest BCUT2D eigenvalue weighted by Gasteiger charge is -2.24. The summed E-state index contributed by atoms with van der Waals surface area (Å²) in [6.45, 7) is 23.2. The van der Waals surface area contributed by atoms with Crippen LogP contribution in [0.1, 0.15) is 117 Å². The molecule has 66 heavy (non-hydrogen) atoms. The Labute approximate surface area is 420 Å². The van der Waals surface area contributed by atoms with Crippen LogP contribution in [0.5, 0.6) is 0 Å². The van der Waals surface area contributed by atoms with Crippen molar-refractivity contribution in [3.8, 4) is 80.8 Å². The Bertz CT molecular complexity index is 3400. The molecule has 0 spiro atoms. The van der Waals surface area contributed by atoms with Gasteiger partial charge in [0.15, 0.2) is 0 Å². The van der Waals surface area contributed by atoms with Crippen molar-refractivity contribution in [2.75, 3.05) is 0 Å². The van der Waals surface area contributed by atoms with Crippen molar-refractivity contribution in [1.29, 1.82) is 0 Å². The van der Waals surface area contributed by atoms with Crippen molar-refractivity contribution >= 4 is 90.7 Å². The van der Waals surface area contributed by atoms with E-state index in [1.165, 1.54) is 145 Å². The van der Waals surface area contributed by atoms with Crippen LogP contribution in [0.2, 0.25) is 0 Å². The summed E-state index contributed by atoms with van der Waals surface area (Å²) in [5.41, 5.74) is 18.0. The third-order valence-corrected chi connectivity index (χ3v) is 24.3. The fraction of sp³-hybridized carbons (Fsp3) is 0.241. The third kappa shape index (κ3) is 6.18. The zero-order valence-corrected chi connectivity index (χ0v) is 45.2. The topological polar surface area (TPSA) is 0 Å². The summed E-state index contributed by atoms with van der Waals surface area (Å²) < 4.78 is 0. The van der Waals surface area contributed by atoms with Crippen LogP contribution in [0.3, 0.4) is 0 Å². The van der Waals surface area contributed by atoms with Gasteiger partial charge in [-0.3, -0.25) is 0 Å². The van der Waals surface area contributed by atoms with Gasteiger partial charge in [0.1, 0.15) is 0 Å². The van der Waals surface area contributed by atoms with Gasteiger partial charge in [-0.15, -0.1) is 90.7 Å². The molecule has 14 rings (SSSR count). The van der Waals surface area contributed by atoms with Crippen molar-refractivity contribution in [2.45, 2.75) is 91.9 Å². The van der Waals surface area contributed by atoms with E-state index in [2.05, 4.69) is 166 Å². The number of rotatable bonds is 4. The Kier molecular flexibility index (Phi) is 9.44. The lowest BCUT2D eigenvalue weighted by atomic mass is 9.79. The van der Waals surface area contributed by atoms with Gasteiger partial charge in [0.25, 0.3) is 0 Å². The van der Waals surface area contributed by atoms with Crippen molar-refractivity contribution < 1.29 is 0 Å². The van der Waals surface area contributed by atoms with E-state index in [1.54, 1.807) is 0 Å². The molecule has 0 saturated heterocycles. The molecular formula is C58H48S8. The maximum Gasteiger partial charge on any atom is 0.0452 e. The normalized spacial score (nSPS) is 17.2. The van der Waals surface area contributed by atoms with Crippen LogP contribution in [-0.4, -0.2) is 0 Å². The fourth-order valence-corrected chi connectivity index (χ4v) is 20.2. The molecule has 328 valence electrons. The van der Waals surface area contributed by atoms with Gasteiger partial charge in [0, 0.05) is 101 Å². The minimum atomic E-state index is 0.0264. The van der Waals surface area contributed by atoms with Crippen LogP contribution in [0.25, 0.3) is 80.8 Å². The average Bonchev–Trinajstić information content (AvgIpc) is 4.11. The number of thiophene rings is 8. The quantitative estimate of drug-likeness (QED) is 0.165. The predicted octanol–water partition coefficient (Wildman–Crippen LogP) is 20.6. The Balaban J connectivity index is 0.000000132. The van der Waals surface area contributed by atoms with E-state index in [9.17, 15) is 0 Å². The first-order valence-corrected chi connectivity index (χ1v) is 29.4. The molecule has 0 nitrogen and oxygen atoms in total. The summed E-state index contributed by atoms with van der Waals surface area (Å²) >= 11 is 15.6. The van der Waals surface area contributed by atoms with Gasteiger partial charge in [0.05, 0.1) is 0 Å². The van der Waals surface area contributed by atoms with E-state index in [0.717, 1.165) is 0 Å². The van der Waals surface area contributed by atoms with E-state index >= 15 is 0 Å². The van der Waals surface area contributed by atoms with Gasteiger partial charge in [-0.1, -0.05) is 41.5 Å². The molecule has 2 atom stereocenters. The molecule has 0 fully saturated rings. The highest BCUT2D eigenvalue weighted by Crippen LogP contribution is 2.62. The van der Waals surface area contributed by atoms with Gasteiger partial charge in [0.2, 0.25) is 0 Å². The Morgan fingerprint density at radius 2 is 0.621 bits per heavy atom. The van der Waals surface area contributed by atoms with Crippen LogP contribution in [0.4, 0.5) is 0 Å². The lowest BCUT2D eigenvalue weighted by molar-refractivity contribution is 0.653. The summed E-state index contributed by atoms with van der Waals surface area (Å²) in [5, 5.41) is 0. The number of hydrogen-bond donors (Lipinski definition) is 0. The summed E-state index contributed by atoms with van der Waals surface area (Å²) in [4.78, 5) is 22.8. The molecule has 0 N–H and O–H groups in total. The molecule has 8 heterocycles. The lowest BCUT2D eigenvalue weighted by Crippen LogP contribution is -2.16. The first-order valence-electron chi connectivity index (χ1n) is 22.8. The van der Waals surface area contributed by atoms with Crippen LogP contribution in [0.15, 0.2) is 97.1 Å². The Morgan fingerprint density at radius 3 is 0.939 bits per heavy atom. The molecule has 2 unspecified atom stereocenters. The second kappa shape index (κ2) is 14.8. The molecule has 0 saturated carbocycles. The van der Waals surface area contributed by atoms with Crippen LogP contribution in [-0.2, 0) is 10.8 Å². The number of benzene rings is 2. The summed E-state index contributed by atoms with van der Waals surface area (Å²) in [6, 6.07) is 38.1. The summed E-state index contributed by atoms with van der Waals surface area (Å²) in [5.74, 6) is 0.935. The first-order chi connectivity index (χ1) is 31.6. The Morgan fingerprint density at radius 1 is 0.303 bits per heavy atom. The number of fused-ring (bicyclic) bond motifs is 12. The van der Waals surface area contributed by atoms with Crippen molar-refractivity contribution in [1.82, 2.24) is 0 Å². The van der Waals surface area contributed by atoms with Gasteiger partial charge in [-0.2, -0.15) is 0 Å². The van der Waals surface area contributed by atoms with Crippen LogP contribution < -0.4 is 0 Å². The van der Waals surface area contributed by atoms with Crippen molar-refractivity contribution in [3.05, 3.63) is 161 Å². The monoisotopic (exact) mass is 1000 g/mol. The van der Waals surface area contributed by atoms with E-state index in [4.69, 9.17) is 0 Å². The van der Waals surface area contributed by atoms with E-state index in [1.807, 2.05) is 90.7 Å². The zero-order valence-electron chi connectivity index (χ0n) is 38.7. The number of aryl methyl sites for hydroxylation is 4. The zero-order chi connectivity index (χ0) is 45.3. The highest BCUT2D eigenvalue weighted by atomic mass is 32.1. The van der Waals surface area contributed by atoms with E-state index in [-0.39, 0.29) is 10.8 Å². The van der Waals surface area contributed by atoms with Crippen LogP contribution in [0, 0.1) is 27.7 Å². The largest absolute Gasteiger partial charge is 0.140 e. The SMILES string of the molecule is Cc1ccc(-c2cc3c(s2)-c2cc4c(cc2C3(C)C)-c2sc(-c3ccc(C)s3)cc2C4(C)C)s1.Cc1ccc(-c2cc3c(s2)-c2cc4c(cc2C3C)-c2sc(-c3ccc(C)s3)cc2C4C)s1. The second-order valence-electron chi connectivity index (χ2n) is 19.8. The van der Waals surface area contributed by atoms with Crippen molar-refractivity contribution in [3.63, 3.8) is 0 Å². The van der Waals surface area contributed by atoms with E-state index < -0.39 is 0 Å². The minimum absolute atomic E-state index is 0.0264. The molecular weight excluding hydrogens is 953 g/mol. The molecule has 0 bridgehead atoms. The molecule has 0 aliphatic heterocycles.